The van der Waals surface area contributed by atoms with Crippen LogP contribution in [0.4, 0.5) is 10.8 Å². The van der Waals surface area contributed by atoms with Crippen molar-refractivity contribution in [3.05, 3.63) is 35.3 Å². The van der Waals surface area contributed by atoms with E-state index in [-0.39, 0.29) is 5.69 Å². The first-order valence-corrected chi connectivity index (χ1v) is 6.07. The van der Waals surface area contributed by atoms with Crippen LogP contribution in [0.1, 0.15) is 10.5 Å². The molecule has 0 saturated carbocycles. The number of aromatic nitrogens is 1. The van der Waals surface area contributed by atoms with Crippen molar-refractivity contribution in [1.82, 2.24) is 4.98 Å². The molecular formula is C12H12N2O3S. The van der Waals surface area contributed by atoms with E-state index in [1.54, 1.807) is 12.0 Å². The maximum atomic E-state index is 10.8. The van der Waals surface area contributed by atoms with E-state index in [0.29, 0.717) is 10.9 Å². The van der Waals surface area contributed by atoms with Gasteiger partial charge in [-0.25, -0.2) is 9.78 Å². The zero-order chi connectivity index (χ0) is 13.1. The van der Waals surface area contributed by atoms with E-state index in [1.165, 1.54) is 16.7 Å². The van der Waals surface area contributed by atoms with Gasteiger partial charge in [0, 0.05) is 12.4 Å². The van der Waals surface area contributed by atoms with E-state index in [9.17, 15) is 4.79 Å². The number of thiazole rings is 1. The van der Waals surface area contributed by atoms with Gasteiger partial charge < -0.3 is 14.7 Å². The van der Waals surface area contributed by atoms with E-state index in [0.717, 1.165) is 5.69 Å². The molecule has 0 fully saturated rings. The Labute approximate surface area is 108 Å². The van der Waals surface area contributed by atoms with Gasteiger partial charge in [-0.1, -0.05) is 12.1 Å². The number of aromatic carboxylic acids is 1. The Morgan fingerprint density at radius 2 is 2.17 bits per heavy atom. The Morgan fingerprint density at radius 3 is 2.78 bits per heavy atom. The maximum Gasteiger partial charge on any atom is 0.355 e. The van der Waals surface area contributed by atoms with Gasteiger partial charge in [0.1, 0.15) is 5.75 Å². The highest BCUT2D eigenvalue weighted by Gasteiger charge is 2.15. The molecule has 1 heterocycles. The van der Waals surface area contributed by atoms with Gasteiger partial charge >= 0.3 is 5.97 Å². The predicted octanol–water partition coefficient (Wildman–Crippen LogP) is 2.62. The molecule has 5 nitrogen and oxygen atoms in total. The molecule has 0 bridgehead atoms. The van der Waals surface area contributed by atoms with E-state index in [2.05, 4.69) is 4.98 Å². The topological polar surface area (TPSA) is 62.7 Å². The summed E-state index contributed by atoms with van der Waals surface area (Å²) in [4.78, 5) is 16.6. The van der Waals surface area contributed by atoms with Crippen molar-refractivity contribution < 1.29 is 14.6 Å². The second-order valence-electron chi connectivity index (χ2n) is 3.55. The van der Waals surface area contributed by atoms with Crippen molar-refractivity contribution in [2.24, 2.45) is 0 Å². The molecule has 2 rings (SSSR count). The zero-order valence-corrected chi connectivity index (χ0v) is 10.8. The number of hydrogen-bond donors (Lipinski definition) is 1. The number of hydrogen-bond acceptors (Lipinski definition) is 5. The fourth-order valence-corrected chi connectivity index (χ4v) is 2.30. The molecule has 0 radical (unpaired) electrons. The van der Waals surface area contributed by atoms with Crippen LogP contribution < -0.4 is 9.64 Å². The lowest BCUT2D eigenvalue weighted by atomic mass is 10.3. The third-order valence-electron chi connectivity index (χ3n) is 2.44. The van der Waals surface area contributed by atoms with Gasteiger partial charge in [-0.2, -0.15) is 0 Å². The number of nitrogens with zero attached hydrogens (tertiary/aromatic N) is 2. The van der Waals surface area contributed by atoms with E-state index < -0.39 is 5.97 Å². The Bertz CT molecular complexity index is 568. The minimum Gasteiger partial charge on any atom is -0.495 e. The van der Waals surface area contributed by atoms with E-state index >= 15 is 0 Å². The first-order valence-electron chi connectivity index (χ1n) is 5.19. The summed E-state index contributed by atoms with van der Waals surface area (Å²) in [5.74, 6) is -0.307. The molecule has 0 saturated heterocycles. The number of carboxylic acid groups (broad SMARTS) is 1. The molecule has 1 aromatic carbocycles. The Hall–Kier alpha value is -2.08. The normalized spacial score (nSPS) is 10.1. The van der Waals surface area contributed by atoms with Gasteiger partial charge in [-0.3, -0.25) is 0 Å². The van der Waals surface area contributed by atoms with Crippen molar-refractivity contribution in [3.63, 3.8) is 0 Å². The van der Waals surface area contributed by atoms with Crippen LogP contribution in [-0.4, -0.2) is 30.2 Å². The Balaban J connectivity index is 2.35. The van der Waals surface area contributed by atoms with Gasteiger partial charge in [0.2, 0.25) is 0 Å². The fourth-order valence-electron chi connectivity index (χ4n) is 1.53. The molecule has 0 aliphatic carbocycles. The molecule has 0 spiro atoms. The number of rotatable bonds is 4. The van der Waals surface area contributed by atoms with Gasteiger partial charge in [-0.05, 0) is 12.1 Å². The summed E-state index contributed by atoms with van der Waals surface area (Å²) in [7, 11) is 3.42. The predicted molar refractivity (Wildman–Crippen MR) is 70.1 cm³/mol. The first kappa shape index (κ1) is 12.4. The molecule has 0 aliphatic heterocycles. The molecule has 1 aromatic heterocycles. The number of methoxy groups -OCH3 is 1. The summed E-state index contributed by atoms with van der Waals surface area (Å²) in [5.41, 5.74) is 0.892. The van der Waals surface area contributed by atoms with Crippen molar-refractivity contribution in [2.75, 3.05) is 19.1 Å². The number of benzene rings is 1. The fraction of sp³-hybridized carbons (Fsp3) is 0.167. The smallest absolute Gasteiger partial charge is 0.355 e. The Morgan fingerprint density at radius 1 is 1.44 bits per heavy atom. The van der Waals surface area contributed by atoms with Crippen molar-refractivity contribution in [3.8, 4) is 5.75 Å². The number of carbonyl (C=O) groups is 1. The SMILES string of the molecule is COc1ccccc1N(C)c1nc(C(=O)O)cs1. The summed E-state index contributed by atoms with van der Waals surface area (Å²) in [6, 6.07) is 7.50. The number of ether oxygens (including phenoxy) is 1. The molecular weight excluding hydrogens is 252 g/mol. The summed E-state index contributed by atoms with van der Waals surface area (Å²) >= 11 is 1.28. The number of carboxylic acids is 1. The van der Waals surface area contributed by atoms with Gasteiger partial charge in [0.25, 0.3) is 0 Å². The molecule has 6 heteroatoms. The lowest BCUT2D eigenvalue weighted by Gasteiger charge is -2.18. The Kier molecular flexibility index (Phi) is 3.47. The van der Waals surface area contributed by atoms with Crippen molar-refractivity contribution >= 4 is 28.1 Å². The van der Waals surface area contributed by atoms with E-state index in [1.807, 2.05) is 31.3 Å². The van der Waals surface area contributed by atoms with Crippen molar-refractivity contribution in [2.45, 2.75) is 0 Å². The molecule has 18 heavy (non-hydrogen) atoms. The summed E-state index contributed by atoms with van der Waals surface area (Å²) in [6.07, 6.45) is 0. The lowest BCUT2D eigenvalue weighted by molar-refractivity contribution is 0.0691. The summed E-state index contributed by atoms with van der Waals surface area (Å²) < 4.78 is 5.26. The monoisotopic (exact) mass is 264 g/mol. The summed E-state index contributed by atoms with van der Waals surface area (Å²) in [6.45, 7) is 0. The quantitative estimate of drug-likeness (QED) is 0.919. The highest BCUT2D eigenvalue weighted by Crippen LogP contribution is 2.33. The van der Waals surface area contributed by atoms with Crippen LogP contribution in [0, 0.1) is 0 Å². The second kappa shape index (κ2) is 5.05. The third-order valence-corrected chi connectivity index (χ3v) is 3.36. The van der Waals surface area contributed by atoms with Crippen LogP contribution >= 0.6 is 11.3 Å². The molecule has 0 aliphatic rings. The summed E-state index contributed by atoms with van der Waals surface area (Å²) in [5, 5.41) is 11.0. The molecule has 0 unspecified atom stereocenters. The largest absolute Gasteiger partial charge is 0.495 e. The van der Waals surface area contributed by atoms with Crippen LogP contribution in [0.5, 0.6) is 5.75 Å². The van der Waals surface area contributed by atoms with Crippen LogP contribution in [0.3, 0.4) is 0 Å². The average Bonchev–Trinajstić information content (AvgIpc) is 2.87. The third kappa shape index (κ3) is 2.28. The highest BCUT2D eigenvalue weighted by molar-refractivity contribution is 7.14. The van der Waals surface area contributed by atoms with E-state index in [4.69, 9.17) is 9.84 Å². The lowest BCUT2D eigenvalue weighted by Crippen LogP contribution is -2.11. The van der Waals surface area contributed by atoms with Crippen LogP contribution in [-0.2, 0) is 0 Å². The van der Waals surface area contributed by atoms with Crippen molar-refractivity contribution in [1.29, 1.82) is 0 Å². The molecule has 2 aromatic rings. The molecule has 0 atom stereocenters. The van der Waals surface area contributed by atoms with Gasteiger partial charge in [0.15, 0.2) is 10.8 Å². The van der Waals surface area contributed by atoms with Crippen LogP contribution in [0.2, 0.25) is 0 Å². The molecule has 1 N–H and O–H groups in total. The standard InChI is InChI=1S/C12H12N2O3S/c1-14(9-5-3-4-6-10(9)17-2)12-13-8(7-18-12)11(15)16/h3-7H,1-2H3,(H,15,16). The molecule has 94 valence electrons. The second-order valence-corrected chi connectivity index (χ2v) is 4.39. The number of anilines is 2. The number of para-hydroxylation sites is 2. The zero-order valence-electron chi connectivity index (χ0n) is 9.95. The van der Waals surface area contributed by atoms with Gasteiger partial charge in [-0.15, -0.1) is 11.3 Å². The molecule has 0 amide bonds. The highest BCUT2D eigenvalue weighted by atomic mass is 32.1. The average molecular weight is 264 g/mol. The first-order chi connectivity index (χ1) is 8.63. The van der Waals surface area contributed by atoms with Crippen LogP contribution in [0.15, 0.2) is 29.6 Å². The minimum atomic E-state index is -1.02. The van der Waals surface area contributed by atoms with Crippen LogP contribution in [0.25, 0.3) is 0 Å². The van der Waals surface area contributed by atoms with Gasteiger partial charge in [0.05, 0.1) is 12.8 Å². The minimum absolute atomic E-state index is 0.0525. The maximum absolute atomic E-state index is 10.8.